The molecule has 0 aromatic heterocycles. The molecule has 1 fully saturated rings. The second kappa shape index (κ2) is 10.0. The lowest BCUT2D eigenvalue weighted by molar-refractivity contribution is -0.118. The highest BCUT2D eigenvalue weighted by Gasteiger charge is 2.29. The standard InChI is InChI=1S/C24H23N3O5S2/c1-26-20-10-3-4-11-22(20)33-23(26)19(15-25)21(28)16-32-24(29)17-8-7-9-18(14-17)34(30,31)27-12-5-2-6-13-27/h3-4,7-11,14H,2,5-6,12-13,16H2,1H3/b23-19-. The number of carbonyl (C=O) groups excluding carboxylic acids is 2. The number of nitriles is 1. The van der Waals surface area contributed by atoms with Crippen LogP contribution in [0.15, 0.2) is 68.9 Å². The van der Waals surface area contributed by atoms with Crippen LogP contribution in [0.4, 0.5) is 5.69 Å². The number of esters is 1. The number of ether oxygens (including phenoxy) is 1. The van der Waals surface area contributed by atoms with Crippen LogP contribution >= 0.6 is 11.8 Å². The Morgan fingerprint density at radius 1 is 1.09 bits per heavy atom. The maximum atomic E-state index is 12.9. The summed E-state index contributed by atoms with van der Waals surface area (Å²) in [5.41, 5.74) is 0.807. The Balaban J connectivity index is 1.46. The van der Waals surface area contributed by atoms with Crippen LogP contribution in [-0.2, 0) is 19.6 Å². The van der Waals surface area contributed by atoms with Crippen molar-refractivity contribution in [3.05, 3.63) is 64.7 Å². The number of benzene rings is 2. The normalized spacial score (nSPS) is 17.6. The Labute approximate surface area is 202 Å². The molecule has 2 heterocycles. The van der Waals surface area contributed by atoms with Gasteiger partial charge in [-0.15, -0.1) is 0 Å². The van der Waals surface area contributed by atoms with E-state index in [0.29, 0.717) is 18.1 Å². The molecule has 10 heteroatoms. The number of ketones is 1. The highest BCUT2D eigenvalue weighted by molar-refractivity contribution is 8.03. The van der Waals surface area contributed by atoms with Crippen molar-refractivity contribution in [2.75, 3.05) is 31.6 Å². The average molecular weight is 498 g/mol. The molecule has 0 aliphatic carbocycles. The first-order valence-corrected chi connectivity index (χ1v) is 13.0. The molecule has 34 heavy (non-hydrogen) atoms. The molecule has 4 rings (SSSR count). The Kier molecular flexibility index (Phi) is 7.07. The van der Waals surface area contributed by atoms with Gasteiger partial charge in [-0.3, -0.25) is 4.79 Å². The summed E-state index contributed by atoms with van der Waals surface area (Å²) in [5, 5.41) is 10.1. The summed E-state index contributed by atoms with van der Waals surface area (Å²) < 4.78 is 32.4. The van der Waals surface area contributed by atoms with Crippen molar-refractivity contribution in [3.8, 4) is 6.07 Å². The number of fused-ring (bicyclic) bond motifs is 1. The topological polar surface area (TPSA) is 108 Å². The molecular weight excluding hydrogens is 474 g/mol. The predicted octanol–water partition coefficient (Wildman–Crippen LogP) is 3.56. The third-order valence-electron chi connectivity index (χ3n) is 5.70. The average Bonchev–Trinajstić information content (AvgIpc) is 3.19. The van der Waals surface area contributed by atoms with Crippen LogP contribution in [0.5, 0.6) is 0 Å². The van der Waals surface area contributed by atoms with Crippen LogP contribution < -0.4 is 4.90 Å². The molecule has 0 bridgehead atoms. The van der Waals surface area contributed by atoms with Crippen LogP contribution in [0.3, 0.4) is 0 Å². The fourth-order valence-corrected chi connectivity index (χ4v) is 6.60. The molecule has 2 aliphatic heterocycles. The van der Waals surface area contributed by atoms with E-state index in [1.165, 1.54) is 40.3 Å². The van der Waals surface area contributed by atoms with E-state index in [9.17, 15) is 23.3 Å². The Morgan fingerprint density at radius 2 is 1.82 bits per heavy atom. The predicted molar refractivity (Wildman–Crippen MR) is 128 cm³/mol. The van der Waals surface area contributed by atoms with Gasteiger partial charge in [-0.1, -0.05) is 36.4 Å². The minimum atomic E-state index is -3.71. The summed E-state index contributed by atoms with van der Waals surface area (Å²) in [5.74, 6) is -1.46. The molecule has 0 saturated carbocycles. The van der Waals surface area contributed by atoms with Crippen LogP contribution in [-0.4, -0.2) is 51.2 Å². The molecule has 8 nitrogen and oxygen atoms in total. The van der Waals surface area contributed by atoms with Gasteiger partial charge >= 0.3 is 5.97 Å². The van der Waals surface area contributed by atoms with Crippen LogP contribution in [0.25, 0.3) is 0 Å². The molecule has 1 saturated heterocycles. The van der Waals surface area contributed by atoms with E-state index >= 15 is 0 Å². The van der Waals surface area contributed by atoms with Gasteiger partial charge in [0.05, 0.1) is 16.1 Å². The van der Waals surface area contributed by atoms with Crippen molar-refractivity contribution in [1.29, 1.82) is 5.26 Å². The second-order valence-electron chi connectivity index (χ2n) is 7.91. The summed E-state index contributed by atoms with van der Waals surface area (Å²) in [7, 11) is -1.95. The fraction of sp³-hybridized carbons (Fsp3) is 0.292. The number of carbonyl (C=O) groups is 2. The van der Waals surface area contributed by atoms with Crippen molar-refractivity contribution >= 4 is 39.2 Å². The van der Waals surface area contributed by atoms with E-state index in [1.807, 2.05) is 30.3 Å². The molecule has 2 aromatic carbocycles. The van der Waals surface area contributed by atoms with Gasteiger partial charge in [0.25, 0.3) is 0 Å². The Hall–Kier alpha value is -3.13. The number of hydrogen-bond acceptors (Lipinski definition) is 8. The van der Waals surface area contributed by atoms with E-state index in [4.69, 9.17) is 4.74 Å². The number of piperidine rings is 1. The lowest BCUT2D eigenvalue weighted by Gasteiger charge is -2.25. The first kappa shape index (κ1) is 24.0. The quantitative estimate of drug-likeness (QED) is 0.339. The molecule has 0 atom stereocenters. The Morgan fingerprint density at radius 3 is 2.53 bits per heavy atom. The number of Topliss-reactive ketones (excluding diaryl/α,β-unsaturated/α-hetero) is 1. The van der Waals surface area contributed by atoms with E-state index in [0.717, 1.165) is 29.8 Å². The van der Waals surface area contributed by atoms with E-state index in [-0.39, 0.29) is 16.0 Å². The van der Waals surface area contributed by atoms with Crippen molar-refractivity contribution in [2.24, 2.45) is 0 Å². The first-order valence-electron chi connectivity index (χ1n) is 10.8. The lowest BCUT2D eigenvalue weighted by atomic mass is 10.2. The Bertz CT molecular complexity index is 1310. The monoisotopic (exact) mass is 497 g/mol. The number of thioether (sulfide) groups is 1. The number of rotatable bonds is 6. The maximum Gasteiger partial charge on any atom is 0.338 e. The van der Waals surface area contributed by atoms with Crippen molar-refractivity contribution in [3.63, 3.8) is 0 Å². The fourth-order valence-electron chi connectivity index (χ4n) is 3.88. The third kappa shape index (κ3) is 4.73. The van der Waals surface area contributed by atoms with Crippen LogP contribution in [0, 0.1) is 11.3 Å². The summed E-state index contributed by atoms with van der Waals surface area (Å²) >= 11 is 1.30. The lowest BCUT2D eigenvalue weighted by Crippen LogP contribution is -2.35. The van der Waals surface area contributed by atoms with Gasteiger partial charge in [-0.2, -0.15) is 9.57 Å². The summed E-state index contributed by atoms with van der Waals surface area (Å²) in [6, 6.07) is 15.1. The number of anilines is 1. The van der Waals surface area contributed by atoms with E-state index < -0.39 is 28.4 Å². The zero-order chi connectivity index (χ0) is 24.3. The van der Waals surface area contributed by atoms with Gasteiger partial charge in [0.15, 0.2) is 6.61 Å². The maximum absolute atomic E-state index is 12.9. The van der Waals surface area contributed by atoms with Crippen molar-refractivity contribution < 1.29 is 22.7 Å². The van der Waals surface area contributed by atoms with E-state index in [1.54, 1.807) is 11.9 Å². The van der Waals surface area contributed by atoms with Gasteiger partial charge in [0.2, 0.25) is 15.8 Å². The van der Waals surface area contributed by atoms with Crippen LogP contribution in [0.2, 0.25) is 0 Å². The molecule has 0 unspecified atom stereocenters. The van der Waals surface area contributed by atoms with Gasteiger partial charge in [0.1, 0.15) is 16.7 Å². The molecule has 2 aliphatic rings. The summed E-state index contributed by atoms with van der Waals surface area (Å²) in [6.45, 7) is 0.278. The van der Waals surface area contributed by atoms with Crippen LogP contribution in [0.1, 0.15) is 29.6 Å². The number of nitrogens with zero attached hydrogens (tertiary/aromatic N) is 3. The van der Waals surface area contributed by atoms with Crippen molar-refractivity contribution in [2.45, 2.75) is 29.1 Å². The zero-order valence-corrected chi connectivity index (χ0v) is 20.2. The number of hydrogen-bond donors (Lipinski definition) is 0. The van der Waals surface area contributed by atoms with E-state index in [2.05, 4.69) is 0 Å². The van der Waals surface area contributed by atoms with Gasteiger partial charge in [0, 0.05) is 25.0 Å². The first-order chi connectivity index (χ1) is 16.3. The highest BCUT2D eigenvalue weighted by atomic mass is 32.2. The van der Waals surface area contributed by atoms with Gasteiger partial charge in [-0.25, -0.2) is 13.2 Å². The molecular formula is C24H23N3O5S2. The molecule has 2 aromatic rings. The summed E-state index contributed by atoms with van der Waals surface area (Å²) in [6.07, 6.45) is 2.60. The molecule has 0 spiro atoms. The number of para-hydroxylation sites is 1. The molecule has 0 N–H and O–H groups in total. The summed E-state index contributed by atoms with van der Waals surface area (Å²) in [4.78, 5) is 28.0. The SMILES string of the molecule is CN1/C(=C(\C#N)C(=O)COC(=O)c2cccc(S(=O)(=O)N3CCCCC3)c2)Sc2ccccc21. The minimum absolute atomic E-state index is 0.0109. The second-order valence-corrected chi connectivity index (χ2v) is 10.9. The smallest absolute Gasteiger partial charge is 0.338 e. The van der Waals surface area contributed by atoms with Gasteiger partial charge in [-0.05, 0) is 43.2 Å². The zero-order valence-electron chi connectivity index (χ0n) is 18.6. The largest absolute Gasteiger partial charge is 0.454 e. The molecule has 0 radical (unpaired) electrons. The number of sulfonamides is 1. The third-order valence-corrected chi connectivity index (χ3v) is 8.83. The highest BCUT2D eigenvalue weighted by Crippen LogP contribution is 2.46. The molecule has 0 amide bonds. The molecule has 176 valence electrons. The van der Waals surface area contributed by atoms with Gasteiger partial charge < -0.3 is 9.64 Å². The van der Waals surface area contributed by atoms with Crippen molar-refractivity contribution in [1.82, 2.24) is 4.31 Å². The minimum Gasteiger partial charge on any atom is -0.454 e.